The molecule has 0 saturated carbocycles. The predicted octanol–water partition coefficient (Wildman–Crippen LogP) is 3.91. The zero-order valence-corrected chi connectivity index (χ0v) is 17.2. The average molecular weight is 397 g/mol. The molecule has 2 N–H and O–H groups in total. The van der Waals surface area contributed by atoms with Crippen molar-refractivity contribution in [2.24, 2.45) is 5.92 Å². The summed E-state index contributed by atoms with van der Waals surface area (Å²) in [6.45, 7) is 5.74. The van der Waals surface area contributed by atoms with E-state index in [1.807, 2.05) is 38.1 Å². The standard InChI is InChI=1S/C21H32N2O3.ClH/c1-15(2)26-9-8-25-14-16-4-3-5-18(10-16)23-21(24)13-17-11-19-6-7-20(12-17)22-19;/h3-5,10,15,17,19-20,22H,6-9,11-14H2,1-2H3,(H,23,24);1H. The first-order valence-electron chi connectivity index (χ1n) is 9.92. The molecule has 1 aromatic rings. The van der Waals surface area contributed by atoms with E-state index in [4.69, 9.17) is 9.47 Å². The lowest BCUT2D eigenvalue weighted by Crippen LogP contribution is -2.39. The van der Waals surface area contributed by atoms with Gasteiger partial charge in [0.2, 0.25) is 5.91 Å². The summed E-state index contributed by atoms with van der Waals surface area (Å²) in [4.78, 5) is 12.4. The van der Waals surface area contributed by atoms with Crippen LogP contribution >= 0.6 is 12.4 Å². The van der Waals surface area contributed by atoms with Gasteiger partial charge in [0.25, 0.3) is 0 Å². The van der Waals surface area contributed by atoms with Crippen LogP contribution in [-0.4, -0.2) is 37.3 Å². The van der Waals surface area contributed by atoms with Crippen molar-refractivity contribution < 1.29 is 14.3 Å². The smallest absolute Gasteiger partial charge is 0.224 e. The molecule has 0 aliphatic carbocycles. The fourth-order valence-corrected chi connectivity index (χ4v) is 4.09. The highest BCUT2D eigenvalue weighted by molar-refractivity contribution is 5.90. The highest BCUT2D eigenvalue weighted by Crippen LogP contribution is 2.32. The summed E-state index contributed by atoms with van der Waals surface area (Å²) in [6.07, 6.45) is 5.67. The number of rotatable bonds is 9. The van der Waals surface area contributed by atoms with Gasteiger partial charge in [0.15, 0.2) is 0 Å². The van der Waals surface area contributed by atoms with Gasteiger partial charge in [-0.05, 0) is 63.1 Å². The van der Waals surface area contributed by atoms with Crippen molar-refractivity contribution in [2.75, 3.05) is 18.5 Å². The second-order valence-electron chi connectivity index (χ2n) is 7.90. The van der Waals surface area contributed by atoms with E-state index >= 15 is 0 Å². The normalized spacial score (nSPS) is 23.9. The summed E-state index contributed by atoms with van der Waals surface area (Å²) in [5.74, 6) is 0.640. The fourth-order valence-electron chi connectivity index (χ4n) is 4.09. The topological polar surface area (TPSA) is 59.6 Å². The SMILES string of the molecule is CC(C)OCCOCc1cccc(NC(=O)CC2CC3CCC(C2)N3)c1.Cl. The number of carbonyl (C=O) groups is 1. The molecule has 6 heteroatoms. The summed E-state index contributed by atoms with van der Waals surface area (Å²) in [5, 5.41) is 6.69. The molecule has 1 amide bonds. The lowest BCUT2D eigenvalue weighted by Gasteiger charge is -2.28. The molecule has 152 valence electrons. The Labute approximate surface area is 169 Å². The highest BCUT2D eigenvalue weighted by atomic mass is 35.5. The Morgan fingerprint density at radius 2 is 1.96 bits per heavy atom. The van der Waals surface area contributed by atoms with Gasteiger partial charge in [-0.1, -0.05) is 12.1 Å². The van der Waals surface area contributed by atoms with E-state index in [1.165, 1.54) is 12.8 Å². The molecule has 5 nitrogen and oxygen atoms in total. The summed E-state index contributed by atoms with van der Waals surface area (Å²) in [5.41, 5.74) is 1.92. The van der Waals surface area contributed by atoms with Crippen LogP contribution in [0.3, 0.4) is 0 Å². The van der Waals surface area contributed by atoms with Gasteiger partial charge in [-0.25, -0.2) is 0 Å². The van der Waals surface area contributed by atoms with Crippen LogP contribution in [-0.2, 0) is 20.9 Å². The molecule has 0 aromatic heterocycles. The Morgan fingerprint density at radius 3 is 2.67 bits per heavy atom. The van der Waals surface area contributed by atoms with Gasteiger partial charge in [0, 0.05) is 24.2 Å². The number of anilines is 1. The van der Waals surface area contributed by atoms with E-state index in [9.17, 15) is 4.79 Å². The molecule has 0 radical (unpaired) electrons. The maximum absolute atomic E-state index is 12.4. The van der Waals surface area contributed by atoms with Crippen molar-refractivity contribution >= 4 is 24.0 Å². The van der Waals surface area contributed by atoms with Crippen LogP contribution in [0.1, 0.15) is 51.5 Å². The van der Waals surface area contributed by atoms with E-state index in [0.717, 1.165) is 24.1 Å². The first-order valence-corrected chi connectivity index (χ1v) is 9.92. The van der Waals surface area contributed by atoms with Crippen molar-refractivity contribution in [3.05, 3.63) is 29.8 Å². The number of hydrogen-bond acceptors (Lipinski definition) is 4. The van der Waals surface area contributed by atoms with Crippen LogP contribution < -0.4 is 10.6 Å². The minimum absolute atomic E-state index is 0. The lowest BCUT2D eigenvalue weighted by molar-refractivity contribution is -0.117. The fraction of sp³-hybridized carbons (Fsp3) is 0.667. The van der Waals surface area contributed by atoms with Crippen LogP contribution in [0, 0.1) is 5.92 Å². The maximum atomic E-state index is 12.4. The summed E-state index contributed by atoms with van der Waals surface area (Å²) >= 11 is 0. The zero-order chi connectivity index (χ0) is 18.4. The number of carbonyl (C=O) groups excluding carboxylic acids is 1. The zero-order valence-electron chi connectivity index (χ0n) is 16.4. The third-order valence-corrected chi connectivity index (χ3v) is 5.20. The van der Waals surface area contributed by atoms with Crippen LogP contribution in [0.5, 0.6) is 0 Å². The van der Waals surface area contributed by atoms with Crippen molar-refractivity contribution in [1.82, 2.24) is 5.32 Å². The van der Waals surface area contributed by atoms with E-state index in [1.54, 1.807) is 0 Å². The lowest BCUT2D eigenvalue weighted by atomic mass is 9.89. The number of fused-ring (bicyclic) bond motifs is 2. The molecule has 2 heterocycles. The Morgan fingerprint density at radius 1 is 1.22 bits per heavy atom. The van der Waals surface area contributed by atoms with Crippen molar-refractivity contribution in [2.45, 2.75) is 70.7 Å². The summed E-state index contributed by atoms with van der Waals surface area (Å²) in [7, 11) is 0. The Balaban J connectivity index is 0.00000261. The highest BCUT2D eigenvalue weighted by Gasteiger charge is 2.34. The third kappa shape index (κ3) is 7.41. The Bertz CT molecular complexity index is 585. The number of piperidine rings is 1. The molecule has 2 fully saturated rings. The molecule has 2 atom stereocenters. The Hall–Kier alpha value is -1.14. The molecule has 2 aliphatic rings. The maximum Gasteiger partial charge on any atom is 0.224 e. The second kappa shape index (κ2) is 11.0. The summed E-state index contributed by atoms with van der Waals surface area (Å²) < 4.78 is 11.1. The number of halogens is 1. The minimum atomic E-state index is 0. The monoisotopic (exact) mass is 396 g/mol. The largest absolute Gasteiger partial charge is 0.376 e. The number of benzene rings is 1. The molecular weight excluding hydrogens is 364 g/mol. The van der Waals surface area contributed by atoms with Gasteiger partial charge < -0.3 is 20.1 Å². The van der Waals surface area contributed by atoms with Gasteiger partial charge >= 0.3 is 0 Å². The first-order chi connectivity index (χ1) is 12.6. The molecule has 2 unspecified atom stereocenters. The van der Waals surface area contributed by atoms with Gasteiger partial charge in [-0.15, -0.1) is 12.4 Å². The molecule has 27 heavy (non-hydrogen) atoms. The van der Waals surface area contributed by atoms with Gasteiger partial charge in [0.05, 0.1) is 25.9 Å². The van der Waals surface area contributed by atoms with Crippen LogP contribution in [0.25, 0.3) is 0 Å². The van der Waals surface area contributed by atoms with Crippen molar-refractivity contribution in [3.63, 3.8) is 0 Å². The van der Waals surface area contributed by atoms with Gasteiger partial charge in [-0.2, -0.15) is 0 Å². The molecule has 1 aromatic carbocycles. The third-order valence-electron chi connectivity index (χ3n) is 5.20. The summed E-state index contributed by atoms with van der Waals surface area (Å²) in [6, 6.07) is 9.17. The molecule has 0 spiro atoms. The molecule has 2 bridgehead atoms. The molecule has 2 saturated heterocycles. The molecule has 2 aliphatic heterocycles. The second-order valence-corrected chi connectivity index (χ2v) is 7.90. The van der Waals surface area contributed by atoms with Crippen LogP contribution in [0.15, 0.2) is 24.3 Å². The van der Waals surface area contributed by atoms with Crippen molar-refractivity contribution in [3.8, 4) is 0 Å². The predicted molar refractivity (Wildman–Crippen MR) is 110 cm³/mol. The average Bonchev–Trinajstić information content (AvgIpc) is 2.93. The number of ether oxygens (including phenoxy) is 2. The Kier molecular flexibility index (Phi) is 9.03. The van der Waals surface area contributed by atoms with E-state index in [0.29, 0.717) is 44.2 Å². The number of nitrogens with one attached hydrogen (secondary N) is 2. The quantitative estimate of drug-likeness (QED) is 0.621. The van der Waals surface area contributed by atoms with Crippen molar-refractivity contribution in [1.29, 1.82) is 0 Å². The number of hydrogen-bond donors (Lipinski definition) is 2. The van der Waals surface area contributed by atoms with E-state index < -0.39 is 0 Å². The molecular formula is C21H33ClN2O3. The molecule has 3 rings (SSSR count). The first kappa shape index (κ1) is 22.2. The number of amides is 1. The van der Waals surface area contributed by atoms with E-state index in [2.05, 4.69) is 10.6 Å². The van der Waals surface area contributed by atoms with Gasteiger partial charge in [-0.3, -0.25) is 4.79 Å². The van der Waals surface area contributed by atoms with Gasteiger partial charge in [0.1, 0.15) is 0 Å². The van der Waals surface area contributed by atoms with E-state index in [-0.39, 0.29) is 24.4 Å². The van der Waals surface area contributed by atoms with Crippen LogP contribution in [0.4, 0.5) is 5.69 Å². The van der Waals surface area contributed by atoms with Crippen LogP contribution in [0.2, 0.25) is 0 Å². The minimum Gasteiger partial charge on any atom is -0.376 e.